The first kappa shape index (κ1) is 17.7. The number of hydrogen-bond donors (Lipinski definition) is 1. The fourth-order valence-electron chi connectivity index (χ4n) is 3.31. The third-order valence-electron chi connectivity index (χ3n) is 4.98. The molecular formula is C21H21N3O3S. The molecule has 7 heteroatoms. The molecule has 28 heavy (non-hydrogen) atoms. The summed E-state index contributed by atoms with van der Waals surface area (Å²) in [6.07, 6.45) is 7.87. The summed E-state index contributed by atoms with van der Waals surface area (Å²) in [6.45, 7) is 1.48. The average molecular weight is 395 g/mol. The number of benzene rings is 1. The molecule has 1 aromatic heterocycles. The second-order valence-electron chi connectivity index (χ2n) is 7.25. The Balaban J connectivity index is 1.42. The van der Waals surface area contributed by atoms with E-state index < -0.39 is 0 Å². The molecule has 144 valence electrons. The molecule has 0 bridgehead atoms. The minimum atomic E-state index is -0.0886. The molecule has 0 unspecified atom stereocenters. The van der Waals surface area contributed by atoms with Gasteiger partial charge in [-0.3, -0.25) is 14.8 Å². The standard InChI is InChI=1S/C21H21N3O3S/c25-20-19(28-21(24-20)23-14-2-3-14)12-13-1-4-17-16(11-13)18(5-8-22-17)27-15-6-9-26-10-7-15/h1,4-5,8,11-12,14-15H,2-3,6-7,9-10H2,(H,23,24,25)/b19-12-. The van der Waals surface area contributed by atoms with Crippen molar-refractivity contribution in [3.63, 3.8) is 0 Å². The van der Waals surface area contributed by atoms with Crippen molar-refractivity contribution in [1.82, 2.24) is 10.3 Å². The number of nitrogens with zero attached hydrogens (tertiary/aromatic N) is 2. The molecule has 3 aliphatic rings. The zero-order chi connectivity index (χ0) is 18.9. The first-order valence-corrected chi connectivity index (χ1v) is 10.5. The predicted octanol–water partition coefficient (Wildman–Crippen LogP) is 3.51. The van der Waals surface area contributed by atoms with Crippen molar-refractivity contribution >= 4 is 39.8 Å². The van der Waals surface area contributed by atoms with Crippen LogP contribution in [-0.2, 0) is 9.53 Å². The van der Waals surface area contributed by atoms with Crippen molar-refractivity contribution < 1.29 is 14.3 Å². The monoisotopic (exact) mass is 395 g/mol. The molecule has 3 fully saturated rings. The molecule has 1 saturated carbocycles. The zero-order valence-corrected chi connectivity index (χ0v) is 16.2. The SMILES string of the molecule is O=C1NC(=NC2CC2)S/C1=C\c1ccc2nccc(OC3CCOCC3)c2c1. The zero-order valence-electron chi connectivity index (χ0n) is 15.4. The van der Waals surface area contributed by atoms with Gasteiger partial charge in [0.15, 0.2) is 5.17 Å². The third-order valence-corrected chi connectivity index (χ3v) is 5.91. The van der Waals surface area contributed by atoms with Crippen molar-refractivity contribution in [2.75, 3.05) is 13.2 Å². The van der Waals surface area contributed by atoms with Crippen LogP contribution in [0.15, 0.2) is 40.4 Å². The number of fused-ring (bicyclic) bond motifs is 1. The molecule has 2 aromatic rings. The van der Waals surface area contributed by atoms with E-state index in [-0.39, 0.29) is 12.0 Å². The van der Waals surface area contributed by atoms with Crippen LogP contribution in [-0.4, -0.2) is 41.4 Å². The van der Waals surface area contributed by atoms with Crippen LogP contribution in [0, 0.1) is 0 Å². The lowest BCUT2D eigenvalue weighted by Crippen LogP contribution is -2.25. The summed E-state index contributed by atoms with van der Waals surface area (Å²) in [5, 5.41) is 4.52. The number of aliphatic imine (C=N–C) groups is 1. The lowest BCUT2D eigenvalue weighted by molar-refractivity contribution is -0.115. The number of ether oxygens (including phenoxy) is 2. The molecule has 1 aliphatic carbocycles. The molecule has 0 spiro atoms. The number of nitrogens with one attached hydrogen (secondary N) is 1. The number of carbonyl (C=O) groups is 1. The van der Waals surface area contributed by atoms with Gasteiger partial charge >= 0.3 is 0 Å². The fourth-order valence-corrected chi connectivity index (χ4v) is 4.21. The van der Waals surface area contributed by atoms with Gasteiger partial charge in [0.2, 0.25) is 0 Å². The van der Waals surface area contributed by atoms with Gasteiger partial charge in [-0.15, -0.1) is 0 Å². The van der Waals surface area contributed by atoms with E-state index >= 15 is 0 Å². The van der Waals surface area contributed by atoms with E-state index in [1.807, 2.05) is 30.3 Å². The van der Waals surface area contributed by atoms with Gasteiger partial charge in [0.05, 0.1) is 29.7 Å². The highest BCUT2D eigenvalue weighted by molar-refractivity contribution is 8.18. The Labute approximate surface area is 167 Å². The number of aromatic nitrogens is 1. The first-order valence-electron chi connectivity index (χ1n) is 9.66. The van der Waals surface area contributed by atoms with Crippen LogP contribution in [0.25, 0.3) is 17.0 Å². The van der Waals surface area contributed by atoms with E-state index in [9.17, 15) is 4.79 Å². The minimum Gasteiger partial charge on any atom is -0.489 e. The van der Waals surface area contributed by atoms with Gasteiger partial charge in [-0.05, 0) is 54.4 Å². The number of pyridine rings is 1. The minimum absolute atomic E-state index is 0.0886. The molecule has 1 N–H and O–H groups in total. The highest BCUT2D eigenvalue weighted by Crippen LogP contribution is 2.32. The predicted molar refractivity (Wildman–Crippen MR) is 110 cm³/mol. The Morgan fingerprint density at radius 2 is 2.07 bits per heavy atom. The van der Waals surface area contributed by atoms with Crippen molar-refractivity contribution in [1.29, 1.82) is 0 Å². The molecule has 1 amide bonds. The molecule has 3 heterocycles. The maximum atomic E-state index is 12.3. The second-order valence-corrected chi connectivity index (χ2v) is 8.28. The van der Waals surface area contributed by atoms with E-state index in [2.05, 4.69) is 15.3 Å². The van der Waals surface area contributed by atoms with Crippen LogP contribution < -0.4 is 10.1 Å². The molecule has 2 saturated heterocycles. The first-order chi connectivity index (χ1) is 13.7. The molecule has 0 radical (unpaired) electrons. The summed E-state index contributed by atoms with van der Waals surface area (Å²) < 4.78 is 11.7. The molecule has 5 rings (SSSR count). The van der Waals surface area contributed by atoms with Crippen LogP contribution in [0.1, 0.15) is 31.2 Å². The average Bonchev–Trinajstić information content (AvgIpc) is 3.46. The van der Waals surface area contributed by atoms with E-state index in [0.29, 0.717) is 16.1 Å². The topological polar surface area (TPSA) is 72.8 Å². The summed E-state index contributed by atoms with van der Waals surface area (Å²) in [5.74, 6) is 0.742. The number of hydrogen-bond acceptors (Lipinski definition) is 6. The number of carbonyl (C=O) groups excluding carboxylic acids is 1. The van der Waals surface area contributed by atoms with Gasteiger partial charge in [-0.25, -0.2) is 0 Å². The summed E-state index contributed by atoms with van der Waals surface area (Å²) >= 11 is 1.41. The van der Waals surface area contributed by atoms with Gasteiger partial charge in [0.1, 0.15) is 11.9 Å². The van der Waals surface area contributed by atoms with Crippen LogP contribution in [0.2, 0.25) is 0 Å². The van der Waals surface area contributed by atoms with Gasteiger partial charge in [0.25, 0.3) is 5.91 Å². The number of amides is 1. The largest absolute Gasteiger partial charge is 0.489 e. The van der Waals surface area contributed by atoms with E-state index in [1.54, 1.807) is 6.20 Å². The Morgan fingerprint density at radius 1 is 1.21 bits per heavy atom. The third kappa shape index (κ3) is 3.91. The molecule has 2 aliphatic heterocycles. The summed E-state index contributed by atoms with van der Waals surface area (Å²) in [5.41, 5.74) is 1.83. The summed E-state index contributed by atoms with van der Waals surface area (Å²) in [4.78, 5) is 21.9. The van der Waals surface area contributed by atoms with Gasteiger partial charge < -0.3 is 14.8 Å². The fraction of sp³-hybridized carbons (Fsp3) is 0.381. The van der Waals surface area contributed by atoms with Gasteiger partial charge in [-0.2, -0.15) is 0 Å². The van der Waals surface area contributed by atoms with E-state index in [1.165, 1.54) is 11.8 Å². The molecular weight excluding hydrogens is 374 g/mol. The van der Waals surface area contributed by atoms with Crippen molar-refractivity contribution in [2.45, 2.75) is 37.8 Å². The van der Waals surface area contributed by atoms with Crippen LogP contribution >= 0.6 is 11.8 Å². The summed E-state index contributed by atoms with van der Waals surface area (Å²) in [6, 6.07) is 8.28. The highest BCUT2D eigenvalue weighted by atomic mass is 32.2. The Morgan fingerprint density at radius 3 is 2.89 bits per heavy atom. The Kier molecular flexibility index (Phi) is 4.78. The smallest absolute Gasteiger partial charge is 0.264 e. The Hall–Kier alpha value is -2.38. The molecule has 1 aromatic carbocycles. The van der Waals surface area contributed by atoms with Gasteiger partial charge in [-0.1, -0.05) is 6.07 Å². The maximum Gasteiger partial charge on any atom is 0.264 e. The molecule has 6 nitrogen and oxygen atoms in total. The van der Waals surface area contributed by atoms with Gasteiger partial charge in [0, 0.05) is 24.4 Å². The second kappa shape index (κ2) is 7.56. The normalized spacial score (nSPS) is 23.5. The lowest BCUT2D eigenvalue weighted by atomic mass is 10.1. The van der Waals surface area contributed by atoms with Crippen LogP contribution in [0.4, 0.5) is 0 Å². The van der Waals surface area contributed by atoms with Crippen LogP contribution in [0.3, 0.4) is 0 Å². The summed E-state index contributed by atoms with van der Waals surface area (Å²) in [7, 11) is 0. The van der Waals surface area contributed by atoms with Crippen molar-refractivity contribution in [3.05, 3.63) is 40.9 Å². The van der Waals surface area contributed by atoms with Crippen molar-refractivity contribution in [3.8, 4) is 5.75 Å². The van der Waals surface area contributed by atoms with Crippen LogP contribution in [0.5, 0.6) is 5.75 Å². The van der Waals surface area contributed by atoms with Crippen molar-refractivity contribution in [2.24, 2.45) is 4.99 Å². The number of rotatable bonds is 4. The molecule has 0 atom stereocenters. The maximum absolute atomic E-state index is 12.3. The van der Waals surface area contributed by atoms with E-state index in [4.69, 9.17) is 9.47 Å². The number of thioether (sulfide) groups is 1. The lowest BCUT2D eigenvalue weighted by Gasteiger charge is -2.23. The van der Waals surface area contributed by atoms with E-state index in [0.717, 1.165) is 61.1 Å². The Bertz CT molecular complexity index is 978. The number of amidine groups is 1. The quantitative estimate of drug-likeness (QED) is 0.802. The highest BCUT2D eigenvalue weighted by Gasteiger charge is 2.28.